The Morgan fingerprint density at radius 3 is 1.62 bits per heavy atom. The molecule has 13 rings (SSSR count). The molecule has 363 valence electrons. The van der Waals surface area contributed by atoms with Gasteiger partial charge in [-0.15, -0.1) is 0 Å². The summed E-state index contributed by atoms with van der Waals surface area (Å²) in [5, 5.41) is 8.72. The molecule has 72 heavy (non-hydrogen) atoms. The predicted molar refractivity (Wildman–Crippen MR) is 306 cm³/mol. The van der Waals surface area contributed by atoms with E-state index in [1.807, 2.05) is 0 Å². The topological polar surface area (TPSA) is 41.6 Å². The summed E-state index contributed by atoms with van der Waals surface area (Å²) in [4.78, 5) is 2.58. The molecule has 4 nitrogen and oxygen atoms in total. The second-order valence-corrected chi connectivity index (χ2v) is 26.5. The molecule has 0 saturated carbocycles. The van der Waals surface area contributed by atoms with Crippen molar-refractivity contribution < 1.29 is 8.83 Å². The molecule has 0 atom stereocenters. The highest BCUT2D eigenvalue weighted by Gasteiger charge is 2.42. The van der Waals surface area contributed by atoms with Gasteiger partial charge < -0.3 is 19.1 Å². The largest absolute Gasteiger partial charge is 0.456 e. The number of nitrogens with zero attached hydrogens (tertiary/aromatic N) is 1. The van der Waals surface area contributed by atoms with E-state index >= 15 is 0 Å². The number of hydrogen-bond acceptors (Lipinski definition) is 4. The van der Waals surface area contributed by atoms with Gasteiger partial charge in [0.15, 0.2) is 7.28 Å². The number of hydrogen-bond donors (Lipinski definition) is 1. The van der Waals surface area contributed by atoms with Gasteiger partial charge in [-0.25, -0.2) is 0 Å². The predicted octanol–water partition coefficient (Wildman–Crippen LogP) is 17.7. The Morgan fingerprint density at radius 2 is 0.972 bits per heavy atom. The van der Waals surface area contributed by atoms with Crippen molar-refractivity contribution >= 4 is 90.5 Å². The van der Waals surface area contributed by atoms with E-state index in [4.69, 9.17) is 8.83 Å². The maximum atomic E-state index is 7.12. The van der Waals surface area contributed by atoms with E-state index in [9.17, 15) is 0 Å². The molecular weight excluding hydrogens is 876 g/mol. The fourth-order valence-electron chi connectivity index (χ4n) is 13.8. The van der Waals surface area contributed by atoms with Gasteiger partial charge in [-0.05, 0) is 183 Å². The minimum atomic E-state index is -0.0257. The lowest BCUT2D eigenvalue weighted by Gasteiger charge is -2.44. The maximum absolute atomic E-state index is 7.12. The van der Waals surface area contributed by atoms with E-state index in [0.717, 1.165) is 91.4 Å². The third kappa shape index (κ3) is 6.70. The van der Waals surface area contributed by atoms with Gasteiger partial charge in [0.1, 0.15) is 22.3 Å². The molecule has 0 fully saturated rings. The molecule has 7 aromatic carbocycles. The highest BCUT2D eigenvalue weighted by Crippen LogP contribution is 2.55. The minimum absolute atomic E-state index is 0.00158. The minimum Gasteiger partial charge on any atom is -0.456 e. The normalized spacial score (nSPS) is 19.6. The molecule has 9 aromatic rings. The first-order chi connectivity index (χ1) is 34.0. The lowest BCUT2D eigenvalue weighted by atomic mass is 9.57. The first-order valence-corrected chi connectivity index (χ1v) is 26.9. The first kappa shape index (κ1) is 45.7. The molecule has 2 aromatic heterocycles. The van der Waals surface area contributed by atoms with Crippen LogP contribution in [0.25, 0.3) is 55.0 Å². The van der Waals surface area contributed by atoms with Crippen LogP contribution in [0.15, 0.2) is 118 Å². The third-order valence-corrected chi connectivity index (χ3v) is 18.8. The summed E-state index contributed by atoms with van der Waals surface area (Å²) in [7, 11) is 2.47. The molecule has 0 unspecified atom stereocenters. The average Bonchev–Trinajstić information content (AvgIpc) is 3.89. The molecule has 1 N–H and O–H groups in total. The molecule has 0 bridgehead atoms. The highest BCUT2D eigenvalue weighted by molar-refractivity contribution is 6.74. The Hall–Kier alpha value is -6.20. The maximum Gasteiger partial charge on any atom is 0.198 e. The van der Waals surface area contributed by atoms with Gasteiger partial charge in [-0.1, -0.05) is 137 Å². The molecule has 3 heterocycles. The quantitative estimate of drug-likeness (QED) is 0.179. The highest BCUT2D eigenvalue weighted by atomic mass is 16.3. The summed E-state index contributed by atoms with van der Waals surface area (Å²) in [6.45, 7) is 31.6. The van der Waals surface area contributed by atoms with Crippen molar-refractivity contribution in [2.24, 2.45) is 0 Å². The summed E-state index contributed by atoms with van der Waals surface area (Å²) in [5.74, 6) is 0. The number of anilines is 5. The number of fused-ring (bicyclic) bond motifs is 11. The number of furan rings is 2. The van der Waals surface area contributed by atoms with Crippen molar-refractivity contribution in [2.75, 3.05) is 10.2 Å². The van der Waals surface area contributed by atoms with E-state index in [1.54, 1.807) is 0 Å². The van der Waals surface area contributed by atoms with Crippen molar-refractivity contribution in [3.05, 3.63) is 148 Å². The van der Waals surface area contributed by atoms with Crippen molar-refractivity contribution in [3.63, 3.8) is 0 Å². The van der Waals surface area contributed by atoms with Crippen LogP contribution in [0.3, 0.4) is 0 Å². The summed E-state index contributed by atoms with van der Waals surface area (Å²) >= 11 is 0. The van der Waals surface area contributed by atoms with Gasteiger partial charge in [0.25, 0.3) is 0 Å². The van der Waals surface area contributed by atoms with Crippen LogP contribution < -0.4 is 21.1 Å². The molecule has 1 radical (unpaired) electrons. The molecular formula is C67H70BN2O2. The van der Waals surface area contributed by atoms with Gasteiger partial charge in [0.05, 0.1) is 0 Å². The number of rotatable bonds is 4. The van der Waals surface area contributed by atoms with Crippen LogP contribution >= 0.6 is 0 Å². The average molecular weight is 946 g/mol. The Morgan fingerprint density at radius 1 is 0.444 bits per heavy atom. The SMILES string of the molecule is Cc1cc2c(cc1N1c3cc4c(cc3[B]c3c1cc1oc5ccccc5c1c3-c1cc3c(cc1Nc1ccc5c(c1)C(C)(C)CCC5(C)C)C(C)(C)CCC3(C)C)oc1ccccc14)C(C)(C)CCC2(C)C. The van der Waals surface area contributed by atoms with Gasteiger partial charge in [0, 0.05) is 61.6 Å². The van der Waals surface area contributed by atoms with Gasteiger partial charge in [-0.2, -0.15) is 0 Å². The molecule has 5 heteroatoms. The van der Waals surface area contributed by atoms with Crippen LogP contribution in [-0.2, 0) is 32.5 Å². The van der Waals surface area contributed by atoms with Crippen LogP contribution in [0, 0.1) is 6.92 Å². The lowest BCUT2D eigenvalue weighted by molar-refractivity contribution is 0.332. The third-order valence-electron chi connectivity index (χ3n) is 18.8. The number of para-hydroxylation sites is 2. The van der Waals surface area contributed by atoms with Crippen molar-refractivity contribution in [3.8, 4) is 11.1 Å². The summed E-state index contributed by atoms with van der Waals surface area (Å²) < 4.78 is 13.8. The van der Waals surface area contributed by atoms with E-state index in [0.29, 0.717) is 0 Å². The van der Waals surface area contributed by atoms with Crippen LogP contribution in [0.2, 0.25) is 0 Å². The van der Waals surface area contributed by atoms with E-state index < -0.39 is 0 Å². The van der Waals surface area contributed by atoms with E-state index in [2.05, 4.69) is 217 Å². The summed E-state index contributed by atoms with van der Waals surface area (Å²) in [6, 6.07) is 41.6. The Kier molecular flexibility index (Phi) is 9.48. The first-order valence-electron chi connectivity index (χ1n) is 26.9. The van der Waals surface area contributed by atoms with Crippen molar-refractivity contribution in [1.29, 1.82) is 0 Å². The van der Waals surface area contributed by atoms with Crippen LogP contribution in [0.1, 0.15) is 161 Å². The molecule has 0 amide bonds. The lowest BCUT2D eigenvalue weighted by Crippen LogP contribution is -2.41. The standard InChI is InChI=1S/C67H70BN2O2/c1-38-30-45-49(67(12,13)29-26-63(45,4)5)35-52(38)70-53-33-42-40-18-14-16-20-55(40)71-57(42)36-50(53)68-61-54(70)37-58-59(41-19-15-17-21-56(41)72-58)60(61)43-32-47-48(66(10,11)28-27-65(47,8)9)34-51(43)69-39-22-23-44-46(31-39)64(6,7)25-24-62(44,2)3/h14-23,30-37,69H,24-29H2,1-13H3. The van der Waals surface area contributed by atoms with Gasteiger partial charge in [0.2, 0.25) is 0 Å². The second kappa shape index (κ2) is 15.0. The van der Waals surface area contributed by atoms with Gasteiger partial charge in [-0.3, -0.25) is 0 Å². The molecule has 0 saturated heterocycles. The fraction of sp³-hybridized carbons (Fsp3) is 0.373. The number of aryl methyl sites for hydroxylation is 1. The van der Waals surface area contributed by atoms with Gasteiger partial charge >= 0.3 is 0 Å². The number of benzene rings is 7. The van der Waals surface area contributed by atoms with Crippen molar-refractivity contribution in [1.82, 2.24) is 0 Å². The fourth-order valence-corrected chi connectivity index (χ4v) is 13.8. The molecule has 4 aliphatic rings. The van der Waals surface area contributed by atoms with E-state index in [-0.39, 0.29) is 32.5 Å². The summed E-state index contributed by atoms with van der Waals surface area (Å²) in [5.41, 5.74) is 24.2. The Balaban J connectivity index is 1.14. The Labute approximate surface area is 427 Å². The monoisotopic (exact) mass is 946 g/mol. The zero-order valence-electron chi connectivity index (χ0n) is 45.0. The zero-order valence-corrected chi connectivity index (χ0v) is 45.0. The molecule has 1 aliphatic heterocycles. The van der Waals surface area contributed by atoms with Crippen LogP contribution in [-0.4, -0.2) is 7.28 Å². The molecule has 3 aliphatic carbocycles. The van der Waals surface area contributed by atoms with Crippen LogP contribution in [0.4, 0.5) is 28.4 Å². The Bertz CT molecular complexity index is 3790. The van der Waals surface area contributed by atoms with Crippen molar-refractivity contribution in [2.45, 2.75) is 161 Å². The number of nitrogens with one attached hydrogen (secondary N) is 1. The summed E-state index contributed by atoms with van der Waals surface area (Å²) in [6.07, 6.45) is 6.92. The van der Waals surface area contributed by atoms with Crippen LogP contribution in [0.5, 0.6) is 0 Å². The second-order valence-electron chi connectivity index (χ2n) is 26.5. The van der Waals surface area contributed by atoms with E-state index in [1.165, 1.54) is 80.5 Å². The molecule has 0 spiro atoms. The smallest absolute Gasteiger partial charge is 0.198 e. The zero-order chi connectivity index (χ0) is 50.2.